The number of Topliss-reactive ketones (excluding diaryl/α,β-unsaturated/α-hetero) is 2. The van der Waals surface area contributed by atoms with E-state index in [0.29, 0.717) is 29.1 Å². The number of nitrogens with one attached hydrogen (secondary N) is 1. The quantitative estimate of drug-likeness (QED) is 0.832. The maximum absolute atomic E-state index is 13.2. The molecule has 1 aromatic carbocycles. The molecule has 0 unspecified atom stereocenters. The molecule has 0 fully saturated rings. The van der Waals surface area contributed by atoms with Crippen LogP contribution in [-0.4, -0.2) is 35.0 Å². The first-order valence-electron chi connectivity index (χ1n) is 7.46. The van der Waals surface area contributed by atoms with Gasteiger partial charge in [0.2, 0.25) is 0 Å². The Balaban J connectivity index is 2.10. The van der Waals surface area contributed by atoms with Gasteiger partial charge in [0.05, 0.1) is 12.2 Å². The van der Waals surface area contributed by atoms with E-state index in [-0.39, 0.29) is 23.9 Å². The van der Waals surface area contributed by atoms with Crippen molar-refractivity contribution >= 4 is 11.6 Å². The highest BCUT2D eigenvalue weighted by Crippen LogP contribution is 2.19. The van der Waals surface area contributed by atoms with E-state index in [9.17, 15) is 14.0 Å². The Kier molecular flexibility index (Phi) is 5.11. The van der Waals surface area contributed by atoms with Gasteiger partial charge < -0.3 is 4.98 Å². The average Bonchev–Trinajstić information content (AvgIpc) is 2.73. The van der Waals surface area contributed by atoms with Crippen LogP contribution in [0.25, 0.3) is 0 Å². The summed E-state index contributed by atoms with van der Waals surface area (Å²) >= 11 is 0. The highest BCUT2D eigenvalue weighted by Gasteiger charge is 2.20. The number of aryl methyl sites for hydroxylation is 1. The molecule has 1 N–H and O–H groups in total. The van der Waals surface area contributed by atoms with E-state index in [2.05, 4.69) is 4.98 Å². The first kappa shape index (κ1) is 17.1. The van der Waals surface area contributed by atoms with Gasteiger partial charge in [0.15, 0.2) is 11.6 Å². The second-order valence-corrected chi connectivity index (χ2v) is 5.91. The SMILES string of the molecule is CC(=O)c1c(C)[nH]c(C(=O)CN(C)Cc2cccc(F)c2)c1C. The molecule has 1 heterocycles. The van der Waals surface area contributed by atoms with Gasteiger partial charge in [-0.25, -0.2) is 4.39 Å². The van der Waals surface area contributed by atoms with Crippen molar-refractivity contribution in [1.82, 2.24) is 9.88 Å². The Labute approximate surface area is 135 Å². The van der Waals surface area contributed by atoms with Crippen LogP contribution in [0, 0.1) is 19.7 Å². The molecule has 0 bridgehead atoms. The van der Waals surface area contributed by atoms with Crippen molar-refractivity contribution in [2.75, 3.05) is 13.6 Å². The molecule has 0 aliphatic rings. The highest BCUT2D eigenvalue weighted by atomic mass is 19.1. The first-order chi connectivity index (χ1) is 10.8. The van der Waals surface area contributed by atoms with Crippen LogP contribution < -0.4 is 0 Å². The largest absolute Gasteiger partial charge is 0.355 e. The minimum Gasteiger partial charge on any atom is -0.355 e. The van der Waals surface area contributed by atoms with Crippen molar-refractivity contribution in [1.29, 1.82) is 0 Å². The van der Waals surface area contributed by atoms with E-state index < -0.39 is 0 Å². The molecule has 5 heteroatoms. The van der Waals surface area contributed by atoms with Gasteiger partial charge in [0.1, 0.15) is 5.82 Å². The van der Waals surface area contributed by atoms with Gasteiger partial charge in [-0.3, -0.25) is 14.5 Å². The number of carbonyl (C=O) groups excluding carboxylic acids is 2. The van der Waals surface area contributed by atoms with Gasteiger partial charge >= 0.3 is 0 Å². The monoisotopic (exact) mass is 316 g/mol. The smallest absolute Gasteiger partial charge is 0.193 e. The normalized spacial score (nSPS) is 11.0. The maximum atomic E-state index is 13.2. The number of hydrogen-bond donors (Lipinski definition) is 1. The second kappa shape index (κ2) is 6.87. The third-order valence-electron chi connectivity index (χ3n) is 3.82. The summed E-state index contributed by atoms with van der Waals surface area (Å²) in [6, 6.07) is 6.32. The molecule has 2 aromatic rings. The van der Waals surface area contributed by atoms with Crippen molar-refractivity contribution in [3.8, 4) is 0 Å². The van der Waals surface area contributed by atoms with Crippen LogP contribution in [-0.2, 0) is 6.54 Å². The van der Waals surface area contributed by atoms with Crippen molar-refractivity contribution < 1.29 is 14.0 Å². The summed E-state index contributed by atoms with van der Waals surface area (Å²) < 4.78 is 13.2. The maximum Gasteiger partial charge on any atom is 0.193 e. The fourth-order valence-electron chi connectivity index (χ4n) is 2.88. The molecular weight excluding hydrogens is 295 g/mol. The van der Waals surface area contributed by atoms with E-state index >= 15 is 0 Å². The van der Waals surface area contributed by atoms with E-state index in [1.807, 2.05) is 11.0 Å². The fourth-order valence-corrected chi connectivity index (χ4v) is 2.88. The summed E-state index contributed by atoms with van der Waals surface area (Å²) in [5.41, 5.74) is 3.27. The number of benzene rings is 1. The molecule has 0 aliphatic carbocycles. The Bertz CT molecular complexity index is 749. The zero-order valence-electron chi connectivity index (χ0n) is 13.9. The number of likely N-dealkylation sites (N-methyl/N-ethyl adjacent to an activating group) is 1. The Morgan fingerprint density at radius 3 is 2.52 bits per heavy atom. The van der Waals surface area contributed by atoms with Crippen LogP contribution in [0.15, 0.2) is 24.3 Å². The fraction of sp³-hybridized carbons (Fsp3) is 0.333. The van der Waals surface area contributed by atoms with Crippen LogP contribution >= 0.6 is 0 Å². The van der Waals surface area contributed by atoms with Crippen molar-refractivity contribution in [2.24, 2.45) is 0 Å². The lowest BCUT2D eigenvalue weighted by atomic mass is 10.1. The minimum absolute atomic E-state index is 0.0524. The van der Waals surface area contributed by atoms with E-state index in [0.717, 1.165) is 5.56 Å². The first-order valence-corrected chi connectivity index (χ1v) is 7.46. The average molecular weight is 316 g/mol. The summed E-state index contributed by atoms with van der Waals surface area (Å²) in [7, 11) is 1.81. The summed E-state index contributed by atoms with van der Waals surface area (Å²) in [6.07, 6.45) is 0. The third-order valence-corrected chi connectivity index (χ3v) is 3.82. The number of halogens is 1. The second-order valence-electron chi connectivity index (χ2n) is 5.91. The molecule has 2 rings (SSSR count). The minimum atomic E-state index is -0.288. The number of carbonyl (C=O) groups is 2. The van der Waals surface area contributed by atoms with Crippen LogP contribution in [0.2, 0.25) is 0 Å². The van der Waals surface area contributed by atoms with Crippen LogP contribution in [0.3, 0.4) is 0 Å². The molecule has 0 atom stereocenters. The molecule has 0 saturated heterocycles. The number of rotatable bonds is 6. The van der Waals surface area contributed by atoms with Crippen LogP contribution in [0.1, 0.15) is 44.6 Å². The number of hydrogen-bond acceptors (Lipinski definition) is 3. The predicted molar refractivity (Wildman–Crippen MR) is 87.3 cm³/mol. The van der Waals surface area contributed by atoms with Crippen LogP contribution in [0.4, 0.5) is 4.39 Å². The number of nitrogens with zero attached hydrogens (tertiary/aromatic N) is 1. The van der Waals surface area contributed by atoms with Gasteiger partial charge in [-0.2, -0.15) is 0 Å². The standard InChI is InChI=1S/C18H21FN2O2/c1-11-17(13(3)22)12(2)20-18(11)16(23)10-21(4)9-14-6-5-7-15(19)8-14/h5-8,20H,9-10H2,1-4H3. The molecule has 0 spiro atoms. The summed E-state index contributed by atoms with van der Waals surface area (Å²) in [5.74, 6) is -0.426. The predicted octanol–water partition coefficient (Wildman–Crippen LogP) is 3.29. The van der Waals surface area contributed by atoms with Crippen LogP contribution in [0.5, 0.6) is 0 Å². The van der Waals surface area contributed by atoms with E-state index in [1.54, 1.807) is 27.0 Å². The lowest BCUT2D eigenvalue weighted by Gasteiger charge is -2.15. The Morgan fingerprint density at radius 1 is 1.26 bits per heavy atom. The number of aromatic amines is 1. The number of H-pyrrole nitrogens is 1. The van der Waals surface area contributed by atoms with Gasteiger partial charge in [-0.15, -0.1) is 0 Å². The molecule has 0 amide bonds. The number of aromatic nitrogens is 1. The summed E-state index contributed by atoms with van der Waals surface area (Å²) in [6.45, 7) is 5.72. The lowest BCUT2D eigenvalue weighted by Crippen LogP contribution is -2.26. The zero-order chi connectivity index (χ0) is 17.1. The third kappa shape index (κ3) is 3.93. The van der Waals surface area contributed by atoms with Gasteiger partial charge in [0.25, 0.3) is 0 Å². The molecule has 0 saturated carbocycles. The zero-order valence-corrected chi connectivity index (χ0v) is 13.9. The lowest BCUT2D eigenvalue weighted by molar-refractivity contribution is 0.0937. The topological polar surface area (TPSA) is 53.2 Å². The Hall–Kier alpha value is -2.27. The van der Waals surface area contributed by atoms with E-state index in [1.165, 1.54) is 19.1 Å². The molecule has 23 heavy (non-hydrogen) atoms. The van der Waals surface area contributed by atoms with Gasteiger partial charge in [-0.05, 0) is 51.1 Å². The highest BCUT2D eigenvalue weighted by molar-refractivity contribution is 6.03. The Morgan fingerprint density at radius 2 is 1.96 bits per heavy atom. The molecule has 1 aromatic heterocycles. The van der Waals surface area contributed by atoms with Gasteiger partial charge in [-0.1, -0.05) is 12.1 Å². The number of ketones is 2. The van der Waals surface area contributed by atoms with Crippen molar-refractivity contribution in [3.63, 3.8) is 0 Å². The summed E-state index contributed by atoms with van der Waals surface area (Å²) in [4.78, 5) is 28.9. The van der Waals surface area contributed by atoms with Crippen molar-refractivity contribution in [3.05, 3.63) is 58.2 Å². The van der Waals surface area contributed by atoms with Crippen molar-refractivity contribution in [2.45, 2.75) is 27.3 Å². The summed E-state index contributed by atoms with van der Waals surface area (Å²) in [5, 5.41) is 0. The van der Waals surface area contributed by atoms with Gasteiger partial charge in [0, 0.05) is 17.8 Å². The molecular formula is C18H21FN2O2. The molecule has 4 nitrogen and oxygen atoms in total. The molecule has 0 aliphatic heterocycles. The molecule has 122 valence electrons. The molecule has 0 radical (unpaired) electrons. The van der Waals surface area contributed by atoms with E-state index in [4.69, 9.17) is 0 Å².